The second kappa shape index (κ2) is 13.3. The molecule has 0 atom stereocenters. The summed E-state index contributed by atoms with van der Waals surface area (Å²) in [4.78, 5) is 52.6. The Labute approximate surface area is 335 Å². The van der Waals surface area contributed by atoms with E-state index in [2.05, 4.69) is 73.7 Å². The highest BCUT2D eigenvalue weighted by Crippen LogP contribution is 2.49. The van der Waals surface area contributed by atoms with Crippen molar-refractivity contribution in [3.05, 3.63) is 143 Å². The molecule has 58 heavy (non-hydrogen) atoms. The predicted molar refractivity (Wildman–Crippen MR) is 240 cm³/mol. The van der Waals surface area contributed by atoms with Crippen LogP contribution in [0.15, 0.2) is 109 Å². The molecule has 0 radical (unpaired) electrons. The molecule has 0 aliphatic carbocycles. The number of hydrogen-bond acceptors (Lipinski definition) is 4. The van der Waals surface area contributed by atoms with Crippen molar-refractivity contribution in [3.8, 4) is 0 Å². The number of nitrogens with zero attached hydrogens (tertiary/aromatic N) is 2. The van der Waals surface area contributed by atoms with Crippen molar-refractivity contribution in [1.29, 1.82) is 0 Å². The van der Waals surface area contributed by atoms with Gasteiger partial charge < -0.3 is 0 Å². The van der Waals surface area contributed by atoms with Gasteiger partial charge in [0.25, 0.3) is 23.6 Å². The summed E-state index contributed by atoms with van der Waals surface area (Å²) in [6.45, 7) is 12.2. The third-order valence-electron chi connectivity index (χ3n) is 12.1. The van der Waals surface area contributed by atoms with E-state index in [-0.39, 0.29) is 23.6 Å². The highest BCUT2D eigenvalue weighted by atomic mass is 16.2. The zero-order valence-corrected chi connectivity index (χ0v) is 33.9. The van der Waals surface area contributed by atoms with E-state index in [1.54, 1.807) is 19.2 Å². The Kier molecular flexibility index (Phi) is 8.44. The summed E-state index contributed by atoms with van der Waals surface area (Å²) in [5, 5.41) is 18.3. The molecule has 0 unspecified atom stereocenters. The van der Waals surface area contributed by atoms with Gasteiger partial charge in [-0.15, -0.1) is 0 Å². The Hall–Kier alpha value is -6.92. The predicted octanol–water partition coefficient (Wildman–Crippen LogP) is 12.6. The van der Waals surface area contributed by atoms with Crippen LogP contribution in [0.5, 0.6) is 0 Å². The van der Waals surface area contributed by atoms with Crippen molar-refractivity contribution >= 4 is 110 Å². The van der Waals surface area contributed by atoms with Gasteiger partial charge in [-0.05, 0) is 125 Å². The van der Waals surface area contributed by atoms with Crippen LogP contribution in [0.4, 0.5) is 0 Å². The number of carbonyl (C=O) groups is 4. The van der Waals surface area contributed by atoms with E-state index in [4.69, 9.17) is 0 Å². The first kappa shape index (κ1) is 36.7. The minimum atomic E-state index is -0.239. The lowest BCUT2D eigenvalue weighted by Crippen LogP contribution is -2.36. The first-order chi connectivity index (χ1) is 28.2. The van der Waals surface area contributed by atoms with Crippen LogP contribution >= 0.6 is 0 Å². The molecule has 0 aromatic heterocycles. The van der Waals surface area contributed by atoms with E-state index in [9.17, 15) is 19.2 Å². The highest BCUT2D eigenvalue weighted by Gasteiger charge is 2.33. The lowest BCUT2D eigenvalue weighted by Gasteiger charge is -2.26. The third kappa shape index (κ3) is 4.72. The SMILES string of the molecule is CC.CC.Cc1ccc2c3c(cccc13)C(=O)N(C)C2=O.Cc1ccc2c3ccc4c5ccc6c7c(ccc(c8ccc(c9cccc1c92)c3c84)c75)C(=O)N(C)C6=O. The van der Waals surface area contributed by atoms with Crippen molar-refractivity contribution in [2.24, 2.45) is 0 Å². The zero-order chi connectivity index (χ0) is 40.9. The van der Waals surface area contributed by atoms with Gasteiger partial charge in [0.1, 0.15) is 0 Å². The number of amides is 4. The number of aryl methyl sites for hydroxylation is 2. The monoisotopic (exact) mass is 758 g/mol. The van der Waals surface area contributed by atoms with Crippen molar-refractivity contribution in [2.45, 2.75) is 41.5 Å². The zero-order valence-electron chi connectivity index (χ0n) is 33.9. The number of benzene rings is 10. The number of fused-ring (bicyclic) bond motifs is 4. The average molecular weight is 759 g/mol. The summed E-state index contributed by atoms with van der Waals surface area (Å²) in [7, 11) is 3.08. The molecular formula is C52H42N2O4. The van der Waals surface area contributed by atoms with Gasteiger partial charge in [-0.3, -0.25) is 29.0 Å². The number of imide groups is 2. The van der Waals surface area contributed by atoms with Crippen LogP contribution in [0.2, 0.25) is 0 Å². The van der Waals surface area contributed by atoms with Crippen LogP contribution in [-0.4, -0.2) is 47.5 Å². The van der Waals surface area contributed by atoms with Gasteiger partial charge in [-0.1, -0.05) is 113 Å². The first-order valence-electron chi connectivity index (χ1n) is 20.1. The highest BCUT2D eigenvalue weighted by molar-refractivity contribution is 6.44. The second-order valence-corrected chi connectivity index (χ2v) is 14.8. The first-order valence-corrected chi connectivity index (χ1v) is 20.1. The molecule has 2 aliphatic rings. The van der Waals surface area contributed by atoms with Crippen LogP contribution in [0, 0.1) is 13.8 Å². The molecule has 0 spiro atoms. The molecule has 4 amide bonds. The Bertz CT molecular complexity index is 3270. The van der Waals surface area contributed by atoms with Crippen LogP contribution in [0.3, 0.4) is 0 Å². The molecular weight excluding hydrogens is 717 g/mol. The van der Waals surface area contributed by atoms with Gasteiger partial charge in [0.2, 0.25) is 0 Å². The van der Waals surface area contributed by atoms with E-state index in [0.717, 1.165) is 48.7 Å². The van der Waals surface area contributed by atoms with Crippen molar-refractivity contribution in [2.75, 3.05) is 14.1 Å². The molecule has 2 heterocycles. The average Bonchev–Trinajstić information content (AvgIpc) is 3.27. The van der Waals surface area contributed by atoms with Crippen molar-refractivity contribution < 1.29 is 19.2 Å². The van der Waals surface area contributed by atoms with Gasteiger partial charge in [-0.2, -0.15) is 0 Å². The molecule has 2 aliphatic heterocycles. The summed E-state index contributed by atoms with van der Waals surface area (Å²) in [5.74, 6) is -0.924. The smallest absolute Gasteiger partial charge is 0.261 e. The fourth-order valence-electron chi connectivity index (χ4n) is 9.51. The fraction of sp³-hybridized carbons (Fsp3) is 0.154. The lowest BCUT2D eigenvalue weighted by atomic mass is 9.82. The standard InChI is InChI=1S/C34H19NO2.C14H11NO2.2C2H6/c1-16-6-7-19-21-9-11-23-25-13-15-27-32-26(33(36)35(2)34(27)37)14-12-24(31(25)32)22-10-8-20(29(21)30(22)23)18-5-3-4-17(16)28(18)19;1-8-6-7-11-12-9(8)4-3-5-10(12)13(16)15(2)14(11)17;2*1-2/h3-15H,1-2H3;3-7H,1-2H3;2*1-2H3. The van der Waals surface area contributed by atoms with E-state index >= 15 is 0 Å². The maximum Gasteiger partial charge on any atom is 0.261 e. The fourth-order valence-corrected chi connectivity index (χ4v) is 9.51. The molecule has 0 N–H and O–H groups in total. The van der Waals surface area contributed by atoms with Gasteiger partial charge in [0.15, 0.2) is 0 Å². The van der Waals surface area contributed by atoms with E-state index in [0.29, 0.717) is 22.3 Å². The summed E-state index contributed by atoms with van der Waals surface area (Å²) in [6.07, 6.45) is 0. The second-order valence-electron chi connectivity index (χ2n) is 14.8. The van der Waals surface area contributed by atoms with Gasteiger partial charge in [-0.25, -0.2) is 0 Å². The van der Waals surface area contributed by atoms with Gasteiger partial charge in [0.05, 0.1) is 0 Å². The topological polar surface area (TPSA) is 74.8 Å². The Morgan fingerprint density at radius 2 is 0.569 bits per heavy atom. The quantitative estimate of drug-likeness (QED) is 0.0877. The number of hydrogen-bond donors (Lipinski definition) is 0. The number of carbonyl (C=O) groups excluding carboxylic acids is 4. The molecule has 10 aromatic rings. The van der Waals surface area contributed by atoms with Crippen LogP contribution < -0.4 is 0 Å². The van der Waals surface area contributed by atoms with E-state index in [1.165, 1.54) is 65.5 Å². The summed E-state index contributed by atoms with van der Waals surface area (Å²) < 4.78 is 0. The maximum absolute atomic E-state index is 13.1. The largest absolute Gasteiger partial charge is 0.277 e. The molecule has 12 rings (SSSR count). The van der Waals surface area contributed by atoms with Crippen molar-refractivity contribution in [3.63, 3.8) is 0 Å². The molecule has 0 bridgehead atoms. The molecule has 6 heteroatoms. The van der Waals surface area contributed by atoms with Gasteiger partial charge >= 0.3 is 0 Å². The lowest BCUT2D eigenvalue weighted by molar-refractivity contribution is 0.0635. The molecule has 0 fully saturated rings. The van der Waals surface area contributed by atoms with E-state index in [1.807, 2.05) is 65.0 Å². The Balaban J connectivity index is 0.000000174. The van der Waals surface area contributed by atoms with Crippen LogP contribution in [0.1, 0.15) is 80.3 Å². The maximum atomic E-state index is 13.1. The summed E-state index contributed by atoms with van der Waals surface area (Å²) in [6, 6.07) is 37.3. The molecule has 0 saturated carbocycles. The number of rotatable bonds is 0. The Morgan fingerprint density at radius 3 is 1.05 bits per heavy atom. The van der Waals surface area contributed by atoms with Crippen LogP contribution in [0.25, 0.3) is 86.2 Å². The normalized spacial score (nSPS) is 13.6. The summed E-state index contributed by atoms with van der Waals surface area (Å²) in [5.41, 5.74) is 4.80. The minimum absolute atomic E-state index is 0.223. The van der Waals surface area contributed by atoms with Crippen LogP contribution in [-0.2, 0) is 0 Å². The summed E-state index contributed by atoms with van der Waals surface area (Å²) >= 11 is 0. The third-order valence-corrected chi connectivity index (χ3v) is 12.1. The molecule has 10 aromatic carbocycles. The Morgan fingerprint density at radius 1 is 0.293 bits per heavy atom. The van der Waals surface area contributed by atoms with Gasteiger partial charge in [0, 0.05) is 47.1 Å². The van der Waals surface area contributed by atoms with E-state index < -0.39 is 0 Å². The minimum Gasteiger partial charge on any atom is -0.277 e. The molecule has 0 saturated heterocycles. The molecule has 284 valence electrons. The van der Waals surface area contributed by atoms with Crippen molar-refractivity contribution in [1.82, 2.24) is 9.80 Å². The molecule has 6 nitrogen and oxygen atoms in total.